The van der Waals surface area contributed by atoms with Crippen molar-refractivity contribution in [3.05, 3.63) is 32.9 Å². The molecule has 124 valence electrons. The zero-order chi connectivity index (χ0) is 16.7. The minimum absolute atomic E-state index is 0.406. The SMILES string of the molecule is N#Cc1c(C2CCCC2)cc(Cl)c2c1-c1c(Br)cnn1CCCO2. The van der Waals surface area contributed by atoms with Gasteiger partial charge in [0.05, 0.1) is 39.1 Å². The zero-order valence-corrected chi connectivity index (χ0v) is 15.5. The summed E-state index contributed by atoms with van der Waals surface area (Å²) in [7, 11) is 0. The molecule has 1 aromatic carbocycles. The lowest BCUT2D eigenvalue weighted by atomic mass is 9.89. The number of nitrogens with zero attached hydrogens (tertiary/aromatic N) is 3. The van der Waals surface area contributed by atoms with Crippen molar-refractivity contribution in [2.75, 3.05) is 6.61 Å². The van der Waals surface area contributed by atoms with Crippen molar-refractivity contribution < 1.29 is 4.74 Å². The van der Waals surface area contributed by atoms with Crippen molar-refractivity contribution in [2.45, 2.75) is 44.6 Å². The molecular formula is C18H17BrClN3O. The average molecular weight is 407 g/mol. The summed E-state index contributed by atoms with van der Waals surface area (Å²) in [5.41, 5.74) is 3.42. The molecule has 1 aliphatic carbocycles. The first kappa shape index (κ1) is 16.0. The molecule has 0 spiro atoms. The van der Waals surface area contributed by atoms with Gasteiger partial charge in [-0.15, -0.1) is 0 Å². The van der Waals surface area contributed by atoms with Gasteiger partial charge in [0.2, 0.25) is 0 Å². The summed E-state index contributed by atoms with van der Waals surface area (Å²) in [6.45, 7) is 1.33. The van der Waals surface area contributed by atoms with Crippen LogP contribution in [0, 0.1) is 11.3 Å². The fourth-order valence-electron chi connectivity index (χ4n) is 3.87. The van der Waals surface area contributed by atoms with E-state index in [1.165, 1.54) is 12.8 Å². The van der Waals surface area contributed by atoms with E-state index in [0.717, 1.165) is 47.1 Å². The summed E-state index contributed by atoms with van der Waals surface area (Å²) >= 11 is 10.2. The fraction of sp³-hybridized carbons (Fsp3) is 0.444. The number of halogens is 2. The van der Waals surface area contributed by atoms with Crippen LogP contribution in [0.25, 0.3) is 11.3 Å². The Morgan fingerprint density at radius 2 is 2.12 bits per heavy atom. The molecule has 0 unspecified atom stereocenters. The highest BCUT2D eigenvalue weighted by atomic mass is 79.9. The highest BCUT2D eigenvalue weighted by Gasteiger charge is 2.29. The summed E-state index contributed by atoms with van der Waals surface area (Å²) in [4.78, 5) is 0. The highest BCUT2D eigenvalue weighted by molar-refractivity contribution is 9.10. The van der Waals surface area contributed by atoms with Crippen molar-refractivity contribution in [1.82, 2.24) is 9.78 Å². The molecule has 6 heteroatoms. The third-order valence-corrected chi connectivity index (χ3v) is 5.83. The van der Waals surface area contributed by atoms with Gasteiger partial charge in [0.1, 0.15) is 11.8 Å². The molecule has 4 rings (SSSR count). The number of nitriles is 1. The topological polar surface area (TPSA) is 50.8 Å². The van der Waals surface area contributed by atoms with Crippen molar-refractivity contribution in [2.24, 2.45) is 0 Å². The second-order valence-electron chi connectivity index (χ2n) is 6.39. The Hall–Kier alpha value is -1.51. The molecule has 1 aliphatic heterocycles. The minimum Gasteiger partial charge on any atom is -0.491 e. The Kier molecular flexibility index (Phi) is 4.28. The van der Waals surface area contributed by atoms with E-state index in [4.69, 9.17) is 16.3 Å². The first-order valence-electron chi connectivity index (χ1n) is 8.31. The lowest BCUT2D eigenvalue weighted by Gasteiger charge is -2.23. The summed E-state index contributed by atoms with van der Waals surface area (Å²) in [5, 5.41) is 15.0. The van der Waals surface area contributed by atoms with Crippen LogP contribution < -0.4 is 4.74 Å². The molecule has 2 aromatic rings. The molecule has 1 aromatic heterocycles. The van der Waals surface area contributed by atoms with E-state index >= 15 is 0 Å². The summed E-state index contributed by atoms with van der Waals surface area (Å²) in [6, 6.07) is 4.38. The fourth-order valence-corrected chi connectivity index (χ4v) is 4.63. The van der Waals surface area contributed by atoms with E-state index in [-0.39, 0.29) is 0 Å². The van der Waals surface area contributed by atoms with E-state index in [1.54, 1.807) is 6.20 Å². The van der Waals surface area contributed by atoms with E-state index in [2.05, 4.69) is 27.1 Å². The smallest absolute Gasteiger partial charge is 0.148 e. The van der Waals surface area contributed by atoms with Gasteiger partial charge in [-0.2, -0.15) is 10.4 Å². The molecule has 0 atom stereocenters. The molecule has 0 radical (unpaired) electrons. The second-order valence-corrected chi connectivity index (χ2v) is 7.65. The van der Waals surface area contributed by atoms with Gasteiger partial charge in [0.15, 0.2) is 0 Å². The van der Waals surface area contributed by atoms with Crippen LogP contribution in [0.5, 0.6) is 5.75 Å². The van der Waals surface area contributed by atoms with E-state index in [0.29, 0.717) is 28.9 Å². The van der Waals surface area contributed by atoms with Crippen LogP contribution in [-0.4, -0.2) is 16.4 Å². The molecule has 0 bridgehead atoms. The Morgan fingerprint density at radius 3 is 2.88 bits per heavy atom. The van der Waals surface area contributed by atoms with E-state index in [1.807, 2.05) is 10.7 Å². The van der Waals surface area contributed by atoms with Crippen LogP contribution in [0.4, 0.5) is 0 Å². The van der Waals surface area contributed by atoms with Crippen LogP contribution in [-0.2, 0) is 6.54 Å². The average Bonchev–Trinajstić information content (AvgIpc) is 3.19. The third kappa shape index (κ3) is 2.53. The normalized spacial score (nSPS) is 17.4. The number of aromatic nitrogens is 2. The van der Waals surface area contributed by atoms with Crippen molar-refractivity contribution in [3.63, 3.8) is 0 Å². The van der Waals surface area contributed by atoms with Crippen LogP contribution in [0.15, 0.2) is 16.7 Å². The molecule has 0 N–H and O–H groups in total. The third-order valence-electron chi connectivity index (χ3n) is 4.96. The second kappa shape index (κ2) is 6.42. The Bertz CT molecular complexity index is 834. The maximum Gasteiger partial charge on any atom is 0.148 e. The number of ether oxygens (including phenoxy) is 1. The monoisotopic (exact) mass is 405 g/mol. The lowest BCUT2D eigenvalue weighted by Crippen LogP contribution is -2.13. The standard InChI is InChI=1S/C18H17BrClN3O/c19-14-10-22-23-6-3-7-24-18-15(20)8-12(11-4-1-2-5-11)13(9-21)16(18)17(14)23/h8,10-11H,1-7H2. The largest absolute Gasteiger partial charge is 0.491 e. The van der Waals surface area contributed by atoms with Crippen molar-refractivity contribution in [3.8, 4) is 23.1 Å². The van der Waals surface area contributed by atoms with Gasteiger partial charge >= 0.3 is 0 Å². The maximum absolute atomic E-state index is 9.95. The summed E-state index contributed by atoms with van der Waals surface area (Å²) in [5.74, 6) is 1.01. The number of hydrogen-bond acceptors (Lipinski definition) is 3. The van der Waals surface area contributed by atoms with Gasteiger partial charge in [0.25, 0.3) is 0 Å². The van der Waals surface area contributed by atoms with Gasteiger partial charge < -0.3 is 4.74 Å². The molecule has 2 aliphatic rings. The molecule has 4 nitrogen and oxygen atoms in total. The van der Waals surface area contributed by atoms with Gasteiger partial charge in [-0.1, -0.05) is 24.4 Å². The van der Waals surface area contributed by atoms with Crippen LogP contribution in [0.3, 0.4) is 0 Å². The first-order valence-corrected chi connectivity index (χ1v) is 9.48. The summed E-state index contributed by atoms with van der Waals surface area (Å²) < 4.78 is 8.77. The van der Waals surface area contributed by atoms with Crippen LogP contribution >= 0.6 is 27.5 Å². The molecule has 24 heavy (non-hydrogen) atoms. The van der Waals surface area contributed by atoms with Gasteiger partial charge in [-0.05, 0) is 46.3 Å². The van der Waals surface area contributed by atoms with Gasteiger partial charge in [-0.25, -0.2) is 0 Å². The number of aryl methyl sites for hydroxylation is 1. The van der Waals surface area contributed by atoms with Gasteiger partial charge in [-0.3, -0.25) is 4.68 Å². The number of benzene rings is 1. The number of rotatable bonds is 1. The Balaban J connectivity index is 2.03. The maximum atomic E-state index is 9.95. The zero-order valence-electron chi connectivity index (χ0n) is 13.2. The predicted octanol–water partition coefficient (Wildman–Crippen LogP) is 5.28. The molecule has 2 heterocycles. The summed E-state index contributed by atoms with van der Waals surface area (Å²) in [6.07, 6.45) is 7.28. The number of fused-ring (bicyclic) bond motifs is 3. The van der Waals surface area contributed by atoms with Crippen molar-refractivity contribution in [1.29, 1.82) is 5.26 Å². The lowest BCUT2D eigenvalue weighted by molar-refractivity contribution is 0.295. The van der Waals surface area contributed by atoms with E-state index in [9.17, 15) is 5.26 Å². The van der Waals surface area contributed by atoms with Crippen molar-refractivity contribution >= 4 is 27.5 Å². The minimum atomic E-state index is 0.406. The molecule has 1 saturated carbocycles. The Morgan fingerprint density at radius 1 is 1.33 bits per heavy atom. The highest BCUT2D eigenvalue weighted by Crippen LogP contribution is 2.47. The molecular weight excluding hydrogens is 390 g/mol. The van der Waals surface area contributed by atoms with Crippen LogP contribution in [0.2, 0.25) is 5.02 Å². The van der Waals surface area contributed by atoms with Crippen LogP contribution in [0.1, 0.15) is 49.1 Å². The molecule has 0 amide bonds. The van der Waals surface area contributed by atoms with Gasteiger partial charge in [0, 0.05) is 13.0 Å². The predicted molar refractivity (Wildman–Crippen MR) is 96.4 cm³/mol. The molecule has 0 saturated heterocycles. The number of hydrogen-bond donors (Lipinski definition) is 0. The first-order chi connectivity index (χ1) is 11.7. The quantitative estimate of drug-likeness (QED) is 0.647. The Labute approximate surface area is 154 Å². The molecule has 1 fully saturated rings. The van der Waals surface area contributed by atoms with E-state index < -0.39 is 0 Å².